The highest BCUT2D eigenvalue weighted by molar-refractivity contribution is 5.85. The fourth-order valence-corrected chi connectivity index (χ4v) is 2.23. The second-order valence-corrected chi connectivity index (χ2v) is 7.48. The fourth-order valence-electron chi connectivity index (χ4n) is 2.23. The Labute approximate surface area is 164 Å². The Morgan fingerprint density at radius 3 is 2.15 bits per heavy atom. The summed E-state index contributed by atoms with van der Waals surface area (Å²) in [5.74, 6) is 1.31. The molecule has 1 aromatic rings. The Bertz CT molecular complexity index is 558. The molecule has 1 rings (SSSR count). The quantitative estimate of drug-likeness (QED) is 0.665. The molecule has 0 aliphatic heterocycles. The topological polar surface area (TPSA) is 73.6 Å². The van der Waals surface area contributed by atoms with Crippen molar-refractivity contribution in [1.29, 1.82) is 0 Å². The van der Waals surface area contributed by atoms with Crippen molar-refractivity contribution < 1.29 is 14.3 Å². The van der Waals surface area contributed by atoms with Crippen molar-refractivity contribution in [2.45, 2.75) is 66.5 Å². The molecule has 1 amide bonds. The summed E-state index contributed by atoms with van der Waals surface area (Å²) in [5.41, 5.74) is 6.72. The fraction of sp³-hybridized carbons (Fsp3) is 0.650. The molecule has 0 aliphatic carbocycles. The van der Waals surface area contributed by atoms with Gasteiger partial charge in [-0.25, -0.2) is 0 Å². The summed E-state index contributed by atoms with van der Waals surface area (Å²) >= 11 is 0. The average molecular weight is 387 g/mol. The van der Waals surface area contributed by atoms with E-state index in [1.54, 1.807) is 0 Å². The van der Waals surface area contributed by atoms with Gasteiger partial charge in [-0.15, -0.1) is 12.4 Å². The number of nitrogens with two attached hydrogens (primary N) is 1. The van der Waals surface area contributed by atoms with Crippen LogP contribution in [0.15, 0.2) is 18.2 Å². The molecule has 6 heteroatoms. The Kier molecular flexibility index (Phi) is 10.7. The number of carbonyl (C=O) groups is 1. The molecule has 2 atom stereocenters. The molecule has 0 aromatic heterocycles. The molecule has 150 valence electrons. The van der Waals surface area contributed by atoms with Crippen LogP contribution in [0.25, 0.3) is 0 Å². The maximum atomic E-state index is 12.3. The van der Waals surface area contributed by atoms with E-state index in [-0.39, 0.29) is 29.8 Å². The van der Waals surface area contributed by atoms with Crippen molar-refractivity contribution >= 4 is 18.3 Å². The predicted molar refractivity (Wildman–Crippen MR) is 109 cm³/mol. The van der Waals surface area contributed by atoms with Crippen molar-refractivity contribution in [3.8, 4) is 11.5 Å². The lowest BCUT2D eigenvalue weighted by Gasteiger charge is -2.27. The third-order valence-electron chi connectivity index (χ3n) is 3.97. The first-order chi connectivity index (χ1) is 11.7. The van der Waals surface area contributed by atoms with E-state index in [2.05, 4.69) is 19.2 Å². The van der Waals surface area contributed by atoms with Crippen LogP contribution in [-0.4, -0.2) is 25.2 Å². The Balaban J connectivity index is 0.00000625. The van der Waals surface area contributed by atoms with Crippen LogP contribution in [0, 0.1) is 5.41 Å². The van der Waals surface area contributed by atoms with Crippen molar-refractivity contribution in [2.75, 3.05) is 13.2 Å². The van der Waals surface area contributed by atoms with Gasteiger partial charge in [0.1, 0.15) is 0 Å². The van der Waals surface area contributed by atoms with Gasteiger partial charge in [0, 0.05) is 0 Å². The molecule has 1 unspecified atom stereocenters. The standard InChI is InChI=1S/C20H34N2O3.ClH/c1-7-11-24-16-10-9-15(13-17(16)25-12-8-2)14(3)22-19(23)18(21)20(4,5)6;/h9-10,13-14,18H,7-8,11-12,21H2,1-6H3,(H,22,23);1H/t14?,18-;/m1./s1. The Morgan fingerprint density at radius 2 is 1.65 bits per heavy atom. The van der Waals surface area contributed by atoms with Crippen LogP contribution in [0.1, 0.15) is 66.0 Å². The molecule has 0 radical (unpaired) electrons. The van der Waals surface area contributed by atoms with Gasteiger partial charge < -0.3 is 20.5 Å². The van der Waals surface area contributed by atoms with E-state index in [4.69, 9.17) is 15.2 Å². The Hall–Kier alpha value is -1.46. The van der Waals surface area contributed by atoms with Gasteiger partial charge in [-0.1, -0.05) is 40.7 Å². The number of halogens is 1. The molecule has 0 aliphatic rings. The summed E-state index contributed by atoms with van der Waals surface area (Å²) in [6, 6.07) is 5.08. The van der Waals surface area contributed by atoms with E-state index in [1.165, 1.54) is 0 Å². The largest absolute Gasteiger partial charge is 0.490 e. The molecule has 0 heterocycles. The number of nitrogens with one attached hydrogen (secondary N) is 1. The van der Waals surface area contributed by atoms with Crippen molar-refractivity contribution in [1.82, 2.24) is 5.32 Å². The number of ether oxygens (including phenoxy) is 2. The van der Waals surface area contributed by atoms with Crippen LogP contribution in [0.4, 0.5) is 0 Å². The molecule has 0 fully saturated rings. The predicted octanol–water partition coefficient (Wildman–Crippen LogP) is 4.24. The van der Waals surface area contributed by atoms with Crippen LogP contribution in [0.2, 0.25) is 0 Å². The minimum Gasteiger partial charge on any atom is -0.490 e. The van der Waals surface area contributed by atoms with Gasteiger partial charge in [0.25, 0.3) is 0 Å². The second kappa shape index (κ2) is 11.3. The lowest BCUT2D eigenvalue weighted by molar-refractivity contribution is -0.125. The van der Waals surface area contributed by atoms with E-state index in [0.29, 0.717) is 19.0 Å². The molecular weight excluding hydrogens is 352 g/mol. The maximum absolute atomic E-state index is 12.3. The molecule has 0 saturated heterocycles. The molecule has 26 heavy (non-hydrogen) atoms. The van der Waals surface area contributed by atoms with E-state index < -0.39 is 6.04 Å². The molecule has 0 saturated carbocycles. The van der Waals surface area contributed by atoms with E-state index in [0.717, 1.165) is 24.2 Å². The minimum absolute atomic E-state index is 0. The third kappa shape index (κ3) is 7.42. The third-order valence-corrected chi connectivity index (χ3v) is 3.97. The minimum atomic E-state index is -0.557. The maximum Gasteiger partial charge on any atom is 0.237 e. The van der Waals surface area contributed by atoms with Crippen LogP contribution in [0.5, 0.6) is 11.5 Å². The number of hydrogen-bond donors (Lipinski definition) is 2. The highest BCUT2D eigenvalue weighted by Crippen LogP contribution is 2.31. The smallest absolute Gasteiger partial charge is 0.237 e. The first kappa shape index (κ1) is 24.5. The molecule has 3 N–H and O–H groups in total. The van der Waals surface area contributed by atoms with Gasteiger partial charge >= 0.3 is 0 Å². The summed E-state index contributed by atoms with van der Waals surface area (Å²) < 4.78 is 11.6. The summed E-state index contributed by atoms with van der Waals surface area (Å²) in [5, 5.41) is 2.99. The van der Waals surface area contributed by atoms with E-state index in [1.807, 2.05) is 45.9 Å². The number of carbonyl (C=O) groups excluding carboxylic acids is 1. The van der Waals surface area contributed by atoms with Gasteiger partial charge in [-0.05, 0) is 42.9 Å². The number of benzene rings is 1. The van der Waals surface area contributed by atoms with Gasteiger partial charge in [0.05, 0.1) is 25.3 Å². The second-order valence-electron chi connectivity index (χ2n) is 7.48. The zero-order valence-corrected chi connectivity index (χ0v) is 17.7. The van der Waals surface area contributed by atoms with E-state index in [9.17, 15) is 4.79 Å². The highest BCUT2D eigenvalue weighted by Gasteiger charge is 2.28. The number of amides is 1. The summed E-state index contributed by atoms with van der Waals surface area (Å²) in [4.78, 5) is 12.3. The summed E-state index contributed by atoms with van der Waals surface area (Å²) in [7, 11) is 0. The molecule has 5 nitrogen and oxygen atoms in total. The SMILES string of the molecule is CCCOc1ccc(C(C)NC(=O)[C@@H](N)C(C)(C)C)cc1OCCC.Cl. The molecular formula is C20H35ClN2O3. The van der Waals surface area contributed by atoms with Crippen molar-refractivity contribution in [3.63, 3.8) is 0 Å². The van der Waals surface area contributed by atoms with Crippen LogP contribution in [-0.2, 0) is 4.79 Å². The van der Waals surface area contributed by atoms with Crippen molar-refractivity contribution in [2.24, 2.45) is 11.1 Å². The Morgan fingerprint density at radius 1 is 1.12 bits per heavy atom. The van der Waals surface area contributed by atoms with Crippen LogP contribution >= 0.6 is 12.4 Å². The van der Waals surface area contributed by atoms with Gasteiger partial charge in [-0.2, -0.15) is 0 Å². The van der Waals surface area contributed by atoms with Crippen LogP contribution in [0.3, 0.4) is 0 Å². The summed E-state index contributed by atoms with van der Waals surface area (Å²) in [6.45, 7) is 13.2. The van der Waals surface area contributed by atoms with E-state index >= 15 is 0 Å². The number of hydrogen-bond acceptors (Lipinski definition) is 4. The van der Waals surface area contributed by atoms with Crippen LogP contribution < -0.4 is 20.5 Å². The molecule has 0 spiro atoms. The number of rotatable bonds is 9. The van der Waals surface area contributed by atoms with Crippen molar-refractivity contribution in [3.05, 3.63) is 23.8 Å². The average Bonchev–Trinajstić information content (AvgIpc) is 2.56. The van der Waals surface area contributed by atoms with Gasteiger partial charge in [-0.3, -0.25) is 4.79 Å². The molecule has 1 aromatic carbocycles. The van der Waals surface area contributed by atoms with Gasteiger partial charge in [0.2, 0.25) is 5.91 Å². The first-order valence-electron chi connectivity index (χ1n) is 9.16. The normalized spacial score (nSPS) is 13.3. The lowest BCUT2D eigenvalue weighted by atomic mass is 9.86. The first-order valence-corrected chi connectivity index (χ1v) is 9.16. The zero-order valence-electron chi connectivity index (χ0n) is 16.9. The van der Waals surface area contributed by atoms with Gasteiger partial charge in [0.15, 0.2) is 11.5 Å². The molecule has 0 bridgehead atoms. The lowest BCUT2D eigenvalue weighted by Crippen LogP contribution is -2.49. The zero-order chi connectivity index (χ0) is 19.0. The monoisotopic (exact) mass is 386 g/mol. The summed E-state index contributed by atoms with van der Waals surface area (Å²) in [6.07, 6.45) is 1.86. The highest BCUT2D eigenvalue weighted by atomic mass is 35.5.